The Bertz CT molecular complexity index is 412. The van der Waals surface area contributed by atoms with Gasteiger partial charge in [0.25, 0.3) is 0 Å². The first-order valence-corrected chi connectivity index (χ1v) is 4.79. The molecule has 0 fully saturated rings. The van der Waals surface area contributed by atoms with E-state index in [0.29, 0.717) is 16.5 Å². The Morgan fingerprint density at radius 2 is 2.38 bits per heavy atom. The van der Waals surface area contributed by atoms with E-state index in [-0.39, 0.29) is 6.61 Å². The Labute approximate surface area is 97.8 Å². The fourth-order valence-corrected chi connectivity index (χ4v) is 0.949. The molecule has 0 aliphatic heterocycles. The van der Waals surface area contributed by atoms with E-state index >= 15 is 0 Å². The van der Waals surface area contributed by atoms with Gasteiger partial charge in [-0.05, 0) is 18.2 Å². The van der Waals surface area contributed by atoms with Gasteiger partial charge in [-0.2, -0.15) is 0 Å². The minimum absolute atomic E-state index is 0.216. The van der Waals surface area contributed by atoms with Gasteiger partial charge in [-0.15, -0.1) is 0 Å². The lowest BCUT2D eigenvalue weighted by Crippen LogP contribution is -1.96. The molecule has 16 heavy (non-hydrogen) atoms. The average Bonchev–Trinajstić information content (AvgIpc) is 2.25. The topological polar surface area (TPSA) is 59.4 Å². The summed E-state index contributed by atoms with van der Waals surface area (Å²) in [7, 11) is 0. The number of carboxylic acids is 1. The number of aromatic nitrogens is 1. The molecule has 0 aliphatic carbocycles. The van der Waals surface area contributed by atoms with E-state index in [2.05, 4.69) is 11.6 Å². The molecule has 0 saturated carbocycles. The molecule has 0 saturated heterocycles. The minimum atomic E-state index is -1.01. The van der Waals surface area contributed by atoms with Crippen LogP contribution in [-0.2, 0) is 4.79 Å². The van der Waals surface area contributed by atoms with Crippen molar-refractivity contribution in [2.75, 3.05) is 6.61 Å². The molecule has 84 valence electrons. The summed E-state index contributed by atoms with van der Waals surface area (Å²) in [5.41, 5.74) is 0.541. The molecule has 4 nitrogen and oxygen atoms in total. The van der Waals surface area contributed by atoms with Crippen molar-refractivity contribution < 1.29 is 14.6 Å². The summed E-state index contributed by atoms with van der Waals surface area (Å²) in [6.07, 6.45) is 3.90. The number of halogens is 1. The lowest BCUT2D eigenvalue weighted by molar-refractivity contribution is -0.131. The van der Waals surface area contributed by atoms with E-state index < -0.39 is 5.97 Å². The second-order valence-electron chi connectivity index (χ2n) is 2.90. The molecule has 0 unspecified atom stereocenters. The number of hydrogen-bond acceptors (Lipinski definition) is 3. The van der Waals surface area contributed by atoms with E-state index in [1.54, 1.807) is 12.1 Å². The third-order valence-corrected chi connectivity index (χ3v) is 1.66. The van der Waals surface area contributed by atoms with Gasteiger partial charge in [-0.3, -0.25) is 4.98 Å². The fourth-order valence-electron chi connectivity index (χ4n) is 0.894. The van der Waals surface area contributed by atoms with Crippen LogP contribution in [0.25, 0.3) is 6.08 Å². The van der Waals surface area contributed by atoms with Crippen molar-refractivity contribution in [3.05, 3.63) is 41.7 Å². The molecule has 0 atom stereocenters. The van der Waals surface area contributed by atoms with Crippen LogP contribution in [0.2, 0.25) is 0 Å². The molecule has 1 aromatic rings. The molecule has 0 bridgehead atoms. The summed E-state index contributed by atoms with van der Waals surface area (Å²) >= 11 is 5.53. The third-order valence-electron chi connectivity index (χ3n) is 1.55. The van der Waals surface area contributed by atoms with Crippen LogP contribution in [0.1, 0.15) is 5.69 Å². The van der Waals surface area contributed by atoms with Crippen LogP contribution >= 0.6 is 11.6 Å². The van der Waals surface area contributed by atoms with Crippen LogP contribution in [-0.4, -0.2) is 22.7 Å². The summed E-state index contributed by atoms with van der Waals surface area (Å²) in [6, 6.07) is 3.32. The van der Waals surface area contributed by atoms with E-state index in [9.17, 15) is 4.79 Å². The van der Waals surface area contributed by atoms with Crippen LogP contribution in [0.3, 0.4) is 0 Å². The Hall–Kier alpha value is -1.81. The first kappa shape index (κ1) is 12.3. The van der Waals surface area contributed by atoms with Crippen LogP contribution in [0.5, 0.6) is 5.75 Å². The number of nitrogens with zero attached hydrogens (tertiary/aromatic N) is 1. The van der Waals surface area contributed by atoms with Crippen molar-refractivity contribution in [2.45, 2.75) is 0 Å². The lowest BCUT2D eigenvalue weighted by atomic mass is 10.3. The molecule has 0 spiro atoms. The van der Waals surface area contributed by atoms with Crippen molar-refractivity contribution >= 4 is 23.6 Å². The Morgan fingerprint density at radius 3 is 2.88 bits per heavy atom. The van der Waals surface area contributed by atoms with Gasteiger partial charge in [0.2, 0.25) is 0 Å². The third kappa shape index (κ3) is 4.61. The van der Waals surface area contributed by atoms with Gasteiger partial charge in [0.05, 0.1) is 11.9 Å². The van der Waals surface area contributed by atoms with Gasteiger partial charge < -0.3 is 9.84 Å². The highest BCUT2D eigenvalue weighted by Gasteiger charge is 1.96. The molecule has 1 rings (SSSR count). The first-order chi connectivity index (χ1) is 7.58. The molecule has 5 heteroatoms. The van der Waals surface area contributed by atoms with Crippen LogP contribution < -0.4 is 4.74 Å². The maximum Gasteiger partial charge on any atom is 0.328 e. The first-order valence-electron chi connectivity index (χ1n) is 4.41. The predicted octanol–water partition coefficient (Wildman–Crippen LogP) is 2.31. The van der Waals surface area contributed by atoms with Gasteiger partial charge >= 0.3 is 5.97 Å². The van der Waals surface area contributed by atoms with E-state index in [0.717, 1.165) is 6.08 Å². The van der Waals surface area contributed by atoms with Gasteiger partial charge in [0, 0.05) is 11.1 Å². The maximum atomic E-state index is 10.3. The number of aliphatic carboxylic acids is 1. The van der Waals surface area contributed by atoms with Gasteiger partial charge in [-0.25, -0.2) is 4.79 Å². The summed E-state index contributed by atoms with van der Waals surface area (Å²) in [4.78, 5) is 14.2. The highest BCUT2D eigenvalue weighted by atomic mass is 35.5. The lowest BCUT2D eigenvalue weighted by Gasteiger charge is -2.03. The van der Waals surface area contributed by atoms with E-state index in [1.165, 1.54) is 12.3 Å². The fraction of sp³-hybridized carbons (Fsp3) is 0.0909. The van der Waals surface area contributed by atoms with Gasteiger partial charge in [0.15, 0.2) is 0 Å². The number of rotatable bonds is 5. The smallest absolute Gasteiger partial charge is 0.328 e. The van der Waals surface area contributed by atoms with Crippen molar-refractivity contribution in [1.29, 1.82) is 0 Å². The highest BCUT2D eigenvalue weighted by Crippen LogP contribution is 2.11. The molecular formula is C11H10ClNO3. The standard InChI is InChI=1S/C11H10ClNO3/c1-8(12)7-16-10-4-2-9(13-6-10)3-5-11(14)15/h2-6H,1,7H2,(H,14,15). The number of carbonyl (C=O) groups is 1. The largest absolute Gasteiger partial charge is 0.486 e. The minimum Gasteiger partial charge on any atom is -0.486 e. The number of hydrogen-bond donors (Lipinski definition) is 1. The summed E-state index contributed by atoms with van der Waals surface area (Å²) in [6.45, 7) is 3.70. The normalized spacial score (nSPS) is 10.3. The molecule has 0 aliphatic rings. The van der Waals surface area contributed by atoms with Crippen LogP contribution in [0.4, 0.5) is 0 Å². The summed E-state index contributed by atoms with van der Waals surface area (Å²) in [5, 5.41) is 8.81. The highest BCUT2D eigenvalue weighted by molar-refractivity contribution is 6.29. The quantitative estimate of drug-likeness (QED) is 0.801. The number of pyridine rings is 1. The Morgan fingerprint density at radius 1 is 1.62 bits per heavy atom. The summed E-state index contributed by atoms with van der Waals surface area (Å²) < 4.78 is 5.21. The zero-order chi connectivity index (χ0) is 12.0. The van der Waals surface area contributed by atoms with E-state index in [4.69, 9.17) is 21.4 Å². The van der Waals surface area contributed by atoms with Crippen LogP contribution in [0.15, 0.2) is 36.0 Å². The van der Waals surface area contributed by atoms with Crippen molar-refractivity contribution in [3.8, 4) is 5.75 Å². The number of ether oxygens (including phenoxy) is 1. The Balaban J connectivity index is 2.60. The molecular weight excluding hydrogens is 230 g/mol. The number of carboxylic acid groups (broad SMARTS) is 1. The predicted molar refractivity (Wildman–Crippen MR) is 61.4 cm³/mol. The Kier molecular flexibility index (Phi) is 4.54. The van der Waals surface area contributed by atoms with Crippen molar-refractivity contribution in [3.63, 3.8) is 0 Å². The molecule has 0 radical (unpaired) electrons. The monoisotopic (exact) mass is 239 g/mol. The van der Waals surface area contributed by atoms with Gasteiger partial charge in [0.1, 0.15) is 12.4 Å². The second-order valence-corrected chi connectivity index (χ2v) is 3.43. The second kappa shape index (κ2) is 5.92. The zero-order valence-corrected chi connectivity index (χ0v) is 9.15. The molecule has 0 aromatic carbocycles. The molecule has 0 amide bonds. The zero-order valence-electron chi connectivity index (χ0n) is 8.39. The molecule has 1 aromatic heterocycles. The maximum absolute atomic E-state index is 10.3. The summed E-state index contributed by atoms with van der Waals surface area (Å²) in [5.74, 6) is -0.463. The SMILES string of the molecule is C=C(Cl)COc1ccc(C=CC(=O)O)nc1. The average molecular weight is 240 g/mol. The van der Waals surface area contributed by atoms with Crippen LogP contribution in [0, 0.1) is 0 Å². The van der Waals surface area contributed by atoms with Crippen molar-refractivity contribution in [1.82, 2.24) is 4.98 Å². The van der Waals surface area contributed by atoms with Crippen molar-refractivity contribution in [2.24, 2.45) is 0 Å². The van der Waals surface area contributed by atoms with E-state index in [1.807, 2.05) is 0 Å². The molecule has 1 N–H and O–H groups in total. The molecule has 1 heterocycles. The van der Waals surface area contributed by atoms with Gasteiger partial charge in [-0.1, -0.05) is 18.2 Å².